The predicted molar refractivity (Wildman–Crippen MR) is 87.8 cm³/mol. The molecule has 1 atom stereocenters. The Morgan fingerprint density at radius 1 is 1.29 bits per heavy atom. The van der Waals surface area contributed by atoms with Crippen LogP contribution in [0.25, 0.3) is 0 Å². The Balaban J connectivity index is 1.86. The van der Waals surface area contributed by atoms with Crippen LogP contribution in [0.1, 0.15) is 0 Å². The fraction of sp³-hybridized carbons (Fsp3) is 0.357. The summed E-state index contributed by atoms with van der Waals surface area (Å²) in [6.07, 6.45) is 0. The smallest absolute Gasteiger partial charge is 0.217 e. The van der Waals surface area contributed by atoms with E-state index in [1.54, 1.807) is 0 Å². The SMILES string of the molecule is NC1C(=O)SC(N2CCOCC2)=C1Nc1ccc(Br)cc1. The number of carbonyl (C=O) groups is 1. The highest BCUT2D eigenvalue weighted by atomic mass is 79.9. The number of anilines is 1. The molecule has 3 rings (SSSR count). The van der Waals surface area contributed by atoms with E-state index in [1.165, 1.54) is 11.8 Å². The van der Waals surface area contributed by atoms with Gasteiger partial charge in [-0.05, 0) is 36.0 Å². The first-order chi connectivity index (χ1) is 10.1. The number of nitrogens with zero attached hydrogens (tertiary/aromatic N) is 1. The highest BCUT2D eigenvalue weighted by molar-refractivity contribution is 9.10. The van der Waals surface area contributed by atoms with E-state index >= 15 is 0 Å². The summed E-state index contributed by atoms with van der Waals surface area (Å²) in [5, 5.41) is 4.22. The van der Waals surface area contributed by atoms with E-state index in [4.69, 9.17) is 10.5 Å². The lowest BCUT2D eigenvalue weighted by Crippen LogP contribution is -2.36. The van der Waals surface area contributed by atoms with E-state index in [-0.39, 0.29) is 5.12 Å². The van der Waals surface area contributed by atoms with Crippen molar-refractivity contribution >= 4 is 38.5 Å². The predicted octanol–water partition coefficient (Wildman–Crippen LogP) is 1.96. The lowest BCUT2D eigenvalue weighted by molar-refractivity contribution is -0.111. The van der Waals surface area contributed by atoms with Crippen molar-refractivity contribution in [2.75, 3.05) is 31.6 Å². The second-order valence-corrected chi connectivity index (χ2v) is 6.76. The first-order valence-corrected chi connectivity index (χ1v) is 8.33. The second kappa shape index (κ2) is 6.39. The average Bonchev–Trinajstić information content (AvgIpc) is 2.79. The molecule has 7 heteroatoms. The minimum Gasteiger partial charge on any atom is -0.378 e. The van der Waals surface area contributed by atoms with Gasteiger partial charge in [-0.3, -0.25) is 4.79 Å². The van der Waals surface area contributed by atoms with E-state index in [9.17, 15) is 4.79 Å². The second-order valence-electron chi connectivity index (χ2n) is 4.85. The minimum absolute atomic E-state index is 0.0175. The molecule has 3 N–H and O–H groups in total. The zero-order chi connectivity index (χ0) is 14.8. The van der Waals surface area contributed by atoms with Crippen LogP contribution in [0.4, 0.5) is 5.69 Å². The van der Waals surface area contributed by atoms with Gasteiger partial charge < -0.3 is 20.7 Å². The molecule has 1 fully saturated rings. The van der Waals surface area contributed by atoms with Crippen LogP contribution in [0, 0.1) is 0 Å². The summed E-state index contributed by atoms with van der Waals surface area (Å²) in [5.74, 6) is 0. The van der Waals surface area contributed by atoms with E-state index < -0.39 is 6.04 Å². The van der Waals surface area contributed by atoms with Gasteiger partial charge in [-0.2, -0.15) is 0 Å². The maximum absolute atomic E-state index is 12.0. The van der Waals surface area contributed by atoms with E-state index in [0.717, 1.165) is 34.0 Å². The van der Waals surface area contributed by atoms with Crippen LogP contribution in [-0.4, -0.2) is 42.4 Å². The van der Waals surface area contributed by atoms with Crippen molar-refractivity contribution in [2.45, 2.75) is 6.04 Å². The lowest BCUT2D eigenvalue weighted by atomic mass is 10.2. The van der Waals surface area contributed by atoms with Crippen molar-refractivity contribution in [3.8, 4) is 0 Å². The van der Waals surface area contributed by atoms with Gasteiger partial charge in [0.1, 0.15) is 11.1 Å². The van der Waals surface area contributed by atoms with Gasteiger partial charge in [0, 0.05) is 23.2 Å². The van der Waals surface area contributed by atoms with Crippen molar-refractivity contribution in [1.82, 2.24) is 4.90 Å². The minimum atomic E-state index is -0.600. The number of rotatable bonds is 3. The van der Waals surface area contributed by atoms with Crippen LogP contribution >= 0.6 is 27.7 Å². The summed E-state index contributed by atoms with van der Waals surface area (Å²) in [6.45, 7) is 2.93. The van der Waals surface area contributed by atoms with Crippen LogP contribution in [0.3, 0.4) is 0 Å². The molecule has 1 aromatic rings. The molecule has 21 heavy (non-hydrogen) atoms. The summed E-state index contributed by atoms with van der Waals surface area (Å²) < 4.78 is 6.38. The molecule has 0 saturated carbocycles. The lowest BCUT2D eigenvalue weighted by Gasteiger charge is -2.30. The number of nitrogens with two attached hydrogens (primary N) is 1. The summed E-state index contributed by atoms with van der Waals surface area (Å²) >= 11 is 4.63. The number of benzene rings is 1. The monoisotopic (exact) mass is 369 g/mol. The molecule has 0 radical (unpaired) electrons. The summed E-state index contributed by atoms with van der Waals surface area (Å²) in [7, 11) is 0. The number of hydrogen-bond donors (Lipinski definition) is 2. The Labute approximate surface area is 136 Å². The molecule has 0 aliphatic carbocycles. The van der Waals surface area contributed by atoms with Crippen molar-refractivity contribution in [3.05, 3.63) is 39.5 Å². The normalized spacial score (nSPS) is 22.9. The molecular formula is C14H16BrN3O2S. The third-order valence-corrected chi connectivity index (χ3v) is 5.07. The standard InChI is InChI=1S/C14H16BrN3O2S/c15-9-1-3-10(4-2-9)17-12-11(16)14(19)21-13(12)18-5-7-20-8-6-18/h1-4,11,17H,5-8,16H2. The third-order valence-electron chi connectivity index (χ3n) is 3.41. The Morgan fingerprint density at radius 2 is 1.95 bits per heavy atom. The fourth-order valence-electron chi connectivity index (χ4n) is 2.29. The zero-order valence-corrected chi connectivity index (χ0v) is 13.7. The Hall–Kier alpha value is -1.02. The Bertz CT molecular complexity index is 570. The molecule has 0 bridgehead atoms. The van der Waals surface area contributed by atoms with Crippen LogP contribution in [0.2, 0.25) is 0 Å². The molecule has 2 heterocycles. The maximum Gasteiger partial charge on any atom is 0.217 e. The summed E-state index contributed by atoms with van der Waals surface area (Å²) in [5.41, 5.74) is 7.75. The molecule has 0 aromatic heterocycles. The van der Waals surface area contributed by atoms with E-state index in [2.05, 4.69) is 26.1 Å². The largest absolute Gasteiger partial charge is 0.378 e. The number of ether oxygens (including phenoxy) is 1. The molecule has 0 amide bonds. The Morgan fingerprint density at radius 3 is 2.62 bits per heavy atom. The van der Waals surface area contributed by atoms with Crippen molar-refractivity contribution in [1.29, 1.82) is 0 Å². The molecule has 112 valence electrons. The summed E-state index contributed by atoms with van der Waals surface area (Å²) in [4.78, 5) is 14.1. The van der Waals surface area contributed by atoms with Gasteiger partial charge in [0.2, 0.25) is 5.12 Å². The summed E-state index contributed by atoms with van der Waals surface area (Å²) in [6, 6.07) is 7.21. The zero-order valence-electron chi connectivity index (χ0n) is 11.3. The average molecular weight is 370 g/mol. The number of thioether (sulfide) groups is 1. The van der Waals surface area contributed by atoms with Gasteiger partial charge >= 0.3 is 0 Å². The highest BCUT2D eigenvalue weighted by Gasteiger charge is 2.35. The van der Waals surface area contributed by atoms with E-state index in [0.29, 0.717) is 13.2 Å². The molecule has 1 unspecified atom stereocenters. The number of morpholine rings is 1. The molecule has 5 nitrogen and oxygen atoms in total. The third kappa shape index (κ3) is 3.26. The van der Waals surface area contributed by atoms with Gasteiger partial charge in [-0.1, -0.05) is 15.9 Å². The van der Waals surface area contributed by atoms with Gasteiger partial charge in [0.15, 0.2) is 0 Å². The van der Waals surface area contributed by atoms with Crippen molar-refractivity contribution in [2.24, 2.45) is 5.73 Å². The van der Waals surface area contributed by atoms with Gasteiger partial charge in [0.25, 0.3) is 0 Å². The quantitative estimate of drug-likeness (QED) is 0.848. The van der Waals surface area contributed by atoms with Crippen LogP contribution in [0.5, 0.6) is 0 Å². The first kappa shape index (κ1) is 14.9. The number of hydrogen-bond acceptors (Lipinski definition) is 6. The fourth-order valence-corrected chi connectivity index (χ4v) is 3.59. The molecule has 2 aliphatic rings. The molecular weight excluding hydrogens is 354 g/mol. The van der Waals surface area contributed by atoms with Crippen molar-refractivity contribution in [3.63, 3.8) is 0 Å². The number of halogens is 1. The van der Waals surface area contributed by atoms with Crippen LogP contribution < -0.4 is 11.1 Å². The maximum atomic E-state index is 12.0. The Kier molecular flexibility index (Phi) is 4.54. The van der Waals surface area contributed by atoms with E-state index in [1.807, 2.05) is 24.3 Å². The molecule has 1 saturated heterocycles. The van der Waals surface area contributed by atoms with Crippen LogP contribution in [-0.2, 0) is 9.53 Å². The van der Waals surface area contributed by atoms with Gasteiger partial charge in [0.05, 0.1) is 18.9 Å². The van der Waals surface area contributed by atoms with Crippen LogP contribution in [0.15, 0.2) is 39.5 Å². The molecule has 0 spiro atoms. The molecule has 1 aromatic carbocycles. The van der Waals surface area contributed by atoms with Gasteiger partial charge in [-0.15, -0.1) is 0 Å². The topological polar surface area (TPSA) is 67.6 Å². The number of carbonyl (C=O) groups excluding carboxylic acids is 1. The molecule has 2 aliphatic heterocycles. The van der Waals surface area contributed by atoms with Crippen molar-refractivity contribution < 1.29 is 9.53 Å². The van der Waals surface area contributed by atoms with Gasteiger partial charge in [-0.25, -0.2) is 0 Å². The number of nitrogens with one attached hydrogen (secondary N) is 1. The first-order valence-electron chi connectivity index (χ1n) is 6.72. The highest BCUT2D eigenvalue weighted by Crippen LogP contribution is 2.35.